The van der Waals surface area contributed by atoms with E-state index in [2.05, 4.69) is 26.6 Å². The number of benzene rings is 1. The fraction of sp³-hybridized carbons (Fsp3) is 0.273. The van der Waals surface area contributed by atoms with Crippen molar-refractivity contribution in [3.63, 3.8) is 0 Å². The molecule has 17 heavy (non-hydrogen) atoms. The van der Waals surface area contributed by atoms with E-state index in [-0.39, 0.29) is 23.9 Å². The second-order valence-electron chi connectivity index (χ2n) is 3.80. The summed E-state index contributed by atoms with van der Waals surface area (Å²) >= 11 is 3.17. The molecule has 4 nitrogen and oxygen atoms in total. The summed E-state index contributed by atoms with van der Waals surface area (Å²) in [7, 11) is 0. The molecule has 2 N–H and O–H groups in total. The van der Waals surface area contributed by atoms with E-state index in [9.17, 15) is 14.0 Å². The average molecular weight is 301 g/mol. The number of hydrogen-bond acceptors (Lipinski definition) is 2. The molecular weight excluding hydrogens is 291 g/mol. The molecule has 1 heterocycles. The summed E-state index contributed by atoms with van der Waals surface area (Å²) in [6.45, 7) is 0.389. The molecule has 1 atom stereocenters. The Morgan fingerprint density at radius 2 is 2.29 bits per heavy atom. The molecule has 1 saturated heterocycles. The van der Waals surface area contributed by atoms with Gasteiger partial charge in [0.1, 0.15) is 5.82 Å². The zero-order chi connectivity index (χ0) is 12.4. The van der Waals surface area contributed by atoms with Crippen LogP contribution in [0.5, 0.6) is 0 Å². The number of nitrogens with one attached hydrogen (secondary N) is 2. The second-order valence-corrected chi connectivity index (χ2v) is 4.72. The smallest absolute Gasteiger partial charge is 0.254 e. The van der Waals surface area contributed by atoms with Gasteiger partial charge in [-0.2, -0.15) is 0 Å². The molecule has 0 bridgehead atoms. The van der Waals surface area contributed by atoms with Crippen LogP contribution in [0.3, 0.4) is 0 Å². The van der Waals surface area contributed by atoms with E-state index < -0.39 is 11.7 Å². The molecule has 0 aromatic heterocycles. The number of carbonyl (C=O) groups excluding carboxylic acids is 2. The van der Waals surface area contributed by atoms with Crippen LogP contribution in [0.15, 0.2) is 22.7 Å². The molecule has 90 valence electrons. The lowest BCUT2D eigenvalue weighted by molar-refractivity contribution is -0.119. The van der Waals surface area contributed by atoms with Gasteiger partial charge in [0, 0.05) is 17.4 Å². The average Bonchev–Trinajstić information content (AvgIpc) is 2.67. The molecule has 6 heteroatoms. The second kappa shape index (κ2) is 4.83. The number of halogens is 2. The standard InChI is InChI=1S/C11H10BrFN2O2/c12-6-1-2-9(13)8(3-6)11(17)15-7-4-10(16)14-5-7/h1-3,7H,4-5H2,(H,14,16)(H,15,17). The topological polar surface area (TPSA) is 58.2 Å². The SMILES string of the molecule is O=C1CC(NC(=O)c2cc(Br)ccc2F)CN1. The zero-order valence-electron chi connectivity index (χ0n) is 8.80. The maximum Gasteiger partial charge on any atom is 0.254 e. The van der Waals surface area contributed by atoms with Crippen LogP contribution < -0.4 is 10.6 Å². The highest BCUT2D eigenvalue weighted by molar-refractivity contribution is 9.10. The van der Waals surface area contributed by atoms with E-state index in [0.717, 1.165) is 0 Å². The minimum Gasteiger partial charge on any atom is -0.354 e. The summed E-state index contributed by atoms with van der Waals surface area (Å²) in [5, 5.41) is 5.21. The van der Waals surface area contributed by atoms with Crippen molar-refractivity contribution in [1.82, 2.24) is 10.6 Å². The molecule has 1 unspecified atom stereocenters. The van der Waals surface area contributed by atoms with Crippen LogP contribution >= 0.6 is 15.9 Å². The van der Waals surface area contributed by atoms with Crippen molar-refractivity contribution in [2.24, 2.45) is 0 Å². The highest BCUT2D eigenvalue weighted by Crippen LogP contribution is 2.15. The van der Waals surface area contributed by atoms with Gasteiger partial charge in [0.25, 0.3) is 5.91 Å². The van der Waals surface area contributed by atoms with Crippen LogP contribution in [0.2, 0.25) is 0 Å². The van der Waals surface area contributed by atoms with E-state index in [1.807, 2.05) is 0 Å². The quantitative estimate of drug-likeness (QED) is 0.862. The monoisotopic (exact) mass is 300 g/mol. The van der Waals surface area contributed by atoms with Crippen LogP contribution in [-0.2, 0) is 4.79 Å². The molecule has 1 aliphatic heterocycles. The molecular formula is C11H10BrFN2O2. The van der Waals surface area contributed by atoms with Gasteiger partial charge in [-0.1, -0.05) is 15.9 Å². The van der Waals surface area contributed by atoms with E-state index >= 15 is 0 Å². The zero-order valence-corrected chi connectivity index (χ0v) is 10.4. The van der Waals surface area contributed by atoms with Crippen molar-refractivity contribution in [2.45, 2.75) is 12.5 Å². The van der Waals surface area contributed by atoms with Gasteiger partial charge >= 0.3 is 0 Å². The Morgan fingerprint density at radius 1 is 1.53 bits per heavy atom. The van der Waals surface area contributed by atoms with E-state index in [1.54, 1.807) is 0 Å². The summed E-state index contributed by atoms with van der Waals surface area (Å²) in [5.41, 5.74) is -0.0290. The molecule has 1 aromatic rings. The van der Waals surface area contributed by atoms with Gasteiger partial charge in [0.2, 0.25) is 5.91 Å². The first kappa shape index (κ1) is 12.0. The van der Waals surface area contributed by atoms with Gasteiger partial charge in [0.15, 0.2) is 0 Å². The van der Waals surface area contributed by atoms with Crippen molar-refractivity contribution >= 4 is 27.7 Å². The first-order valence-electron chi connectivity index (χ1n) is 5.09. The van der Waals surface area contributed by atoms with Crippen LogP contribution in [0.4, 0.5) is 4.39 Å². The Balaban J connectivity index is 2.09. The number of hydrogen-bond donors (Lipinski definition) is 2. The van der Waals surface area contributed by atoms with Crippen molar-refractivity contribution in [1.29, 1.82) is 0 Å². The molecule has 2 rings (SSSR count). The Morgan fingerprint density at radius 3 is 2.94 bits per heavy atom. The van der Waals surface area contributed by atoms with Gasteiger partial charge in [-0.3, -0.25) is 9.59 Å². The highest BCUT2D eigenvalue weighted by atomic mass is 79.9. The summed E-state index contributed by atoms with van der Waals surface area (Å²) < 4.78 is 14.0. The molecule has 1 fully saturated rings. The van der Waals surface area contributed by atoms with Crippen LogP contribution in [0.1, 0.15) is 16.8 Å². The van der Waals surface area contributed by atoms with E-state index in [4.69, 9.17) is 0 Å². The number of amides is 2. The third-order valence-electron chi connectivity index (χ3n) is 2.49. The van der Waals surface area contributed by atoms with Crippen LogP contribution in [0, 0.1) is 5.82 Å². The Bertz CT molecular complexity index is 479. The lowest BCUT2D eigenvalue weighted by Gasteiger charge is -2.11. The number of rotatable bonds is 2. The minimum absolute atomic E-state index is 0.0290. The summed E-state index contributed by atoms with van der Waals surface area (Å²) in [6.07, 6.45) is 0.237. The van der Waals surface area contributed by atoms with Gasteiger partial charge in [-0.05, 0) is 18.2 Å². The predicted molar refractivity (Wildman–Crippen MR) is 63.0 cm³/mol. The Labute approximate surface area is 106 Å². The first-order chi connectivity index (χ1) is 8.06. The predicted octanol–water partition coefficient (Wildman–Crippen LogP) is 1.21. The fourth-order valence-electron chi connectivity index (χ4n) is 1.64. The summed E-state index contributed by atoms with van der Waals surface area (Å²) in [4.78, 5) is 22.7. The maximum atomic E-state index is 13.4. The molecule has 1 aromatic carbocycles. The fourth-order valence-corrected chi connectivity index (χ4v) is 2.00. The Hall–Kier alpha value is -1.43. The molecule has 0 spiro atoms. The third kappa shape index (κ3) is 2.82. The third-order valence-corrected chi connectivity index (χ3v) is 2.98. The Kier molecular flexibility index (Phi) is 3.42. The van der Waals surface area contributed by atoms with Crippen molar-refractivity contribution < 1.29 is 14.0 Å². The molecule has 2 amide bonds. The molecule has 0 radical (unpaired) electrons. The molecule has 1 aliphatic rings. The van der Waals surface area contributed by atoms with Gasteiger partial charge < -0.3 is 10.6 Å². The van der Waals surface area contributed by atoms with E-state index in [0.29, 0.717) is 11.0 Å². The van der Waals surface area contributed by atoms with Crippen molar-refractivity contribution in [2.75, 3.05) is 6.54 Å². The van der Waals surface area contributed by atoms with Gasteiger partial charge in [-0.15, -0.1) is 0 Å². The molecule has 0 aliphatic carbocycles. The minimum atomic E-state index is -0.581. The number of carbonyl (C=O) groups is 2. The summed E-state index contributed by atoms with van der Waals surface area (Å²) in [5.74, 6) is -1.20. The van der Waals surface area contributed by atoms with Crippen molar-refractivity contribution in [3.8, 4) is 0 Å². The van der Waals surface area contributed by atoms with Crippen LogP contribution in [0.25, 0.3) is 0 Å². The normalized spacial score (nSPS) is 18.9. The molecule has 0 saturated carbocycles. The van der Waals surface area contributed by atoms with Crippen molar-refractivity contribution in [3.05, 3.63) is 34.1 Å². The first-order valence-corrected chi connectivity index (χ1v) is 5.88. The summed E-state index contributed by atoms with van der Waals surface area (Å²) in [6, 6.07) is 3.88. The van der Waals surface area contributed by atoms with Gasteiger partial charge in [0.05, 0.1) is 11.6 Å². The van der Waals surface area contributed by atoms with Gasteiger partial charge in [-0.25, -0.2) is 4.39 Å². The largest absolute Gasteiger partial charge is 0.354 e. The lowest BCUT2D eigenvalue weighted by Crippen LogP contribution is -2.36. The maximum absolute atomic E-state index is 13.4. The van der Waals surface area contributed by atoms with Crippen LogP contribution in [-0.4, -0.2) is 24.4 Å². The van der Waals surface area contributed by atoms with E-state index in [1.165, 1.54) is 18.2 Å². The highest BCUT2D eigenvalue weighted by Gasteiger charge is 2.24. The lowest BCUT2D eigenvalue weighted by atomic mass is 10.1.